The average Bonchev–Trinajstić information content (AvgIpc) is 3.56. The van der Waals surface area contributed by atoms with E-state index in [1.54, 1.807) is 56.1 Å². The van der Waals surface area contributed by atoms with E-state index in [-0.39, 0.29) is 22.9 Å². The van der Waals surface area contributed by atoms with E-state index in [2.05, 4.69) is 25.2 Å². The van der Waals surface area contributed by atoms with Gasteiger partial charge in [0.15, 0.2) is 27.1 Å². The molecule has 0 aliphatic rings. The standard InChI is InChI=1S/C33H40N8O5S/c1-5-26(9-7-6-8-18-37-40-35)45-33(42)41(4)21-23-10-12-24(13-11-23)28-19-30(46-39-28)31-32(34)36-20-29(38-31)25-14-16-27(17-15-25)47(43,44)22(2)3/h10-17,19-20,22,26H,5-9,18,21H2,1-4H3,(H2,34,36). The molecule has 4 aromatic rings. The molecule has 0 fully saturated rings. The number of nitrogen functional groups attached to an aromatic ring is 1. The van der Waals surface area contributed by atoms with Crippen LogP contribution in [0.25, 0.3) is 44.4 Å². The number of nitrogens with two attached hydrogens (primary N) is 1. The second kappa shape index (κ2) is 16.1. The molecule has 2 N–H and O–H groups in total. The summed E-state index contributed by atoms with van der Waals surface area (Å²) in [7, 11) is -1.69. The Morgan fingerprint density at radius 2 is 1.74 bits per heavy atom. The molecule has 0 spiro atoms. The maximum absolute atomic E-state index is 12.7. The van der Waals surface area contributed by atoms with Crippen LogP contribution in [-0.2, 0) is 21.1 Å². The maximum atomic E-state index is 12.7. The lowest BCUT2D eigenvalue weighted by Gasteiger charge is -2.22. The summed E-state index contributed by atoms with van der Waals surface area (Å²) in [6.45, 7) is 6.13. The highest BCUT2D eigenvalue weighted by molar-refractivity contribution is 7.92. The zero-order valence-electron chi connectivity index (χ0n) is 27.0. The fourth-order valence-electron chi connectivity index (χ4n) is 4.80. The number of unbranched alkanes of at least 4 members (excludes halogenated alkanes) is 2. The van der Waals surface area contributed by atoms with Gasteiger partial charge < -0.3 is 19.9 Å². The van der Waals surface area contributed by atoms with Crippen LogP contribution in [0.5, 0.6) is 0 Å². The highest BCUT2D eigenvalue weighted by Gasteiger charge is 2.20. The summed E-state index contributed by atoms with van der Waals surface area (Å²) in [5.74, 6) is 0.495. The minimum Gasteiger partial charge on any atom is -0.446 e. The number of hydrogen-bond donors (Lipinski definition) is 1. The second-order valence-electron chi connectivity index (χ2n) is 11.5. The zero-order valence-corrected chi connectivity index (χ0v) is 27.9. The number of carbonyl (C=O) groups is 1. The van der Waals surface area contributed by atoms with Crippen molar-refractivity contribution in [1.82, 2.24) is 20.0 Å². The third-order valence-corrected chi connectivity index (χ3v) is 9.87. The Bertz CT molecular complexity index is 1800. The number of rotatable bonds is 15. The average molecular weight is 661 g/mol. The summed E-state index contributed by atoms with van der Waals surface area (Å²) in [6.07, 6.45) is 5.09. The van der Waals surface area contributed by atoms with Crippen LogP contribution in [0.4, 0.5) is 10.6 Å². The van der Waals surface area contributed by atoms with Crippen LogP contribution < -0.4 is 5.73 Å². The monoisotopic (exact) mass is 660 g/mol. The highest BCUT2D eigenvalue weighted by Crippen LogP contribution is 2.30. The lowest BCUT2D eigenvalue weighted by atomic mass is 10.1. The number of anilines is 1. The number of carbonyl (C=O) groups excluding carboxylic acids is 1. The number of amides is 1. The lowest BCUT2D eigenvalue weighted by Crippen LogP contribution is -2.30. The molecule has 0 aliphatic carbocycles. The second-order valence-corrected chi connectivity index (χ2v) is 14.0. The van der Waals surface area contributed by atoms with E-state index in [1.807, 2.05) is 31.2 Å². The summed E-state index contributed by atoms with van der Waals surface area (Å²) in [4.78, 5) is 26.2. The predicted molar refractivity (Wildman–Crippen MR) is 180 cm³/mol. The molecule has 1 amide bonds. The fourth-order valence-corrected chi connectivity index (χ4v) is 5.86. The van der Waals surface area contributed by atoms with E-state index in [4.69, 9.17) is 20.5 Å². The van der Waals surface area contributed by atoms with Gasteiger partial charge in [-0.05, 0) is 62.8 Å². The smallest absolute Gasteiger partial charge is 0.410 e. The molecule has 2 aromatic carbocycles. The van der Waals surface area contributed by atoms with Gasteiger partial charge in [0.1, 0.15) is 11.8 Å². The third-order valence-electron chi connectivity index (χ3n) is 7.69. The topological polar surface area (TPSA) is 190 Å². The van der Waals surface area contributed by atoms with E-state index >= 15 is 0 Å². The fraction of sp³-hybridized carbons (Fsp3) is 0.394. The van der Waals surface area contributed by atoms with Gasteiger partial charge in [-0.2, -0.15) is 0 Å². The largest absolute Gasteiger partial charge is 0.446 e. The number of aromatic nitrogens is 3. The molecule has 0 saturated carbocycles. The predicted octanol–water partition coefficient (Wildman–Crippen LogP) is 7.45. The Morgan fingerprint density at radius 1 is 1.06 bits per heavy atom. The minimum absolute atomic E-state index is 0.163. The maximum Gasteiger partial charge on any atom is 0.410 e. The van der Waals surface area contributed by atoms with E-state index in [0.717, 1.165) is 43.2 Å². The SMILES string of the molecule is CCC(CCCCCN=[N+]=[N-])OC(=O)N(C)Cc1ccc(-c2cc(-c3nc(-c4ccc(S(=O)(=O)C(C)C)cc4)cnc3N)on2)cc1. The molecule has 0 bridgehead atoms. The zero-order chi connectivity index (χ0) is 34.0. The molecule has 13 nitrogen and oxygen atoms in total. The molecule has 2 heterocycles. The Labute approximate surface area is 274 Å². The van der Waals surface area contributed by atoms with E-state index in [0.29, 0.717) is 41.5 Å². The van der Waals surface area contributed by atoms with Gasteiger partial charge in [0.05, 0.1) is 22.0 Å². The van der Waals surface area contributed by atoms with Crippen LogP contribution in [0.15, 0.2) is 75.3 Å². The van der Waals surface area contributed by atoms with Crippen molar-refractivity contribution in [1.29, 1.82) is 0 Å². The van der Waals surface area contributed by atoms with Crippen molar-refractivity contribution in [3.05, 3.63) is 76.8 Å². The van der Waals surface area contributed by atoms with Crippen LogP contribution in [0, 0.1) is 0 Å². The quantitative estimate of drug-likeness (QED) is 0.0584. The lowest BCUT2D eigenvalue weighted by molar-refractivity contribution is 0.0603. The van der Waals surface area contributed by atoms with Gasteiger partial charge in [0, 0.05) is 42.2 Å². The van der Waals surface area contributed by atoms with Crippen molar-refractivity contribution in [3.63, 3.8) is 0 Å². The summed E-state index contributed by atoms with van der Waals surface area (Å²) >= 11 is 0. The van der Waals surface area contributed by atoms with Gasteiger partial charge in [-0.15, -0.1) is 0 Å². The van der Waals surface area contributed by atoms with Crippen LogP contribution in [0.2, 0.25) is 0 Å². The van der Waals surface area contributed by atoms with Gasteiger partial charge in [0.25, 0.3) is 0 Å². The molecule has 0 saturated heterocycles. The van der Waals surface area contributed by atoms with E-state index in [9.17, 15) is 13.2 Å². The van der Waals surface area contributed by atoms with Crippen molar-refractivity contribution >= 4 is 21.7 Å². The Balaban J connectivity index is 1.38. The summed E-state index contributed by atoms with van der Waals surface area (Å²) < 4.78 is 36.3. The minimum atomic E-state index is -3.39. The first-order valence-corrected chi connectivity index (χ1v) is 17.0. The number of hydrogen-bond acceptors (Lipinski definition) is 10. The Morgan fingerprint density at radius 3 is 2.40 bits per heavy atom. The van der Waals surface area contributed by atoms with Gasteiger partial charge >= 0.3 is 6.09 Å². The van der Waals surface area contributed by atoms with E-state index in [1.165, 1.54) is 6.20 Å². The van der Waals surface area contributed by atoms with Crippen LogP contribution in [-0.4, -0.2) is 59.5 Å². The molecule has 14 heteroatoms. The molecule has 1 unspecified atom stereocenters. The van der Waals surface area contributed by atoms with Crippen molar-refractivity contribution in [3.8, 4) is 34.0 Å². The van der Waals surface area contributed by atoms with Gasteiger partial charge in [0.2, 0.25) is 0 Å². The van der Waals surface area contributed by atoms with E-state index < -0.39 is 15.1 Å². The summed E-state index contributed by atoms with van der Waals surface area (Å²) in [5, 5.41) is 7.21. The normalized spacial score (nSPS) is 12.0. The Kier molecular flexibility index (Phi) is 11.9. The summed E-state index contributed by atoms with van der Waals surface area (Å²) in [5.41, 5.74) is 18.3. The first kappa shape index (κ1) is 34.9. The molecular weight excluding hydrogens is 620 g/mol. The number of azide groups is 1. The third kappa shape index (κ3) is 9.08. The highest BCUT2D eigenvalue weighted by atomic mass is 32.2. The van der Waals surface area contributed by atoms with Crippen LogP contribution in [0.1, 0.15) is 58.4 Å². The number of benzene rings is 2. The van der Waals surface area contributed by atoms with Gasteiger partial charge in [-0.1, -0.05) is 60.0 Å². The molecule has 2 aromatic heterocycles. The van der Waals surface area contributed by atoms with Crippen molar-refractivity contribution < 1.29 is 22.5 Å². The van der Waals surface area contributed by atoms with Crippen molar-refractivity contribution in [2.75, 3.05) is 19.3 Å². The molecule has 1 atom stereocenters. The van der Waals surface area contributed by atoms with Crippen molar-refractivity contribution in [2.45, 2.75) is 75.7 Å². The summed E-state index contributed by atoms with van der Waals surface area (Å²) in [6, 6.07) is 15.8. The molecule has 4 rings (SSSR count). The van der Waals surface area contributed by atoms with Crippen LogP contribution >= 0.6 is 0 Å². The van der Waals surface area contributed by atoms with Crippen LogP contribution in [0.3, 0.4) is 0 Å². The van der Waals surface area contributed by atoms with Crippen molar-refractivity contribution in [2.24, 2.45) is 5.11 Å². The first-order valence-electron chi connectivity index (χ1n) is 15.5. The molecule has 0 aliphatic heterocycles. The number of ether oxygens (including phenoxy) is 1. The molecule has 248 valence electrons. The molecule has 0 radical (unpaired) electrons. The number of nitrogens with zero attached hydrogens (tertiary/aromatic N) is 7. The van der Waals surface area contributed by atoms with Gasteiger partial charge in [-0.3, -0.25) is 0 Å². The Hall–Kier alpha value is -4.94. The molecular formula is C33H40N8O5S. The molecule has 47 heavy (non-hydrogen) atoms. The first-order chi connectivity index (χ1) is 22.5. The van der Waals surface area contributed by atoms with Gasteiger partial charge in [-0.25, -0.2) is 23.2 Å². The number of sulfone groups is 1.